The summed E-state index contributed by atoms with van der Waals surface area (Å²) in [4.78, 5) is 29.3. The lowest BCUT2D eigenvalue weighted by Gasteiger charge is -2.34. The maximum Gasteiger partial charge on any atom is 0.264 e. The monoisotopic (exact) mass is 637 g/mol. The van der Waals surface area contributed by atoms with Gasteiger partial charge in [-0.3, -0.25) is 13.9 Å². The van der Waals surface area contributed by atoms with Crippen molar-refractivity contribution in [2.75, 3.05) is 17.4 Å². The van der Waals surface area contributed by atoms with Crippen molar-refractivity contribution in [1.82, 2.24) is 10.2 Å². The van der Waals surface area contributed by atoms with Crippen LogP contribution in [-0.4, -0.2) is 44.3 Å². The van der Waals surface area contributed by atoms with Crippen molar-refractivity contribution in [1.29, 1.82) is 0 Å². The minimum atomic E-state index is -4.19. The van der Waals surface area contributed by atoms with Gasteiger partial charge in [0.25, 0.3) is 10.0 Å². The fourth-order valence-electron chi connectivity index (χ4n) is 4.63. The van der Waals surface area contributed by atoms with E-state index >= 15 is 0 Å². The topological polar surface area (TPSA) is 86.8 Å². The predicted octanol–water partition coefficient (Wildman–Crippen LogP) is 6.27. The van der Waals surface area contributed by atoms with Crippen molar-refractivity contribution in [2.24, 2.45) is 0 Å². The van der Waals surface area contributed by atoms with Crippen LogP contribution in [0.5, 0.6) is 0 Å². The quantitative estimate of drug-likeness (QED) is 0.198. The molecule has 0 fully saturated rings. The summed E-state index contributed by atoms with van der Waals surface area (Å²) in [6.45, 7) is 3.45. The number of hydrogen-bond acceptors (Lipinski definition) is 4. The largest absolute Gasteiger partial charge is 0.355 e. The highest BCUT2D eigenvalue weighted by molar-refractivity contribution is 7.92. The molecule has 0 aliphatic rings. The minimum absolute atomic E-state index is 0.00776. The first-order valence-electron chi connectivity index (χ1n) is 13.8. The highest BCUT2D eigenvalue weighted by Gasteiger charge is 2.34. The summed E-state index contributed by atoms with van der Waals surface area (Å²) in [5.74, 6) is -0.927. The first-order chi connectivity index (χ1) is 20.6. The van der Waals surface area contributed by atoms with E-state index < -0.39 is 28.5 Å². The van der Waals surface area contributed by atoms with Gasteiger partial charge in [-0.25, -0.2) is 8.42 Å². The maximum atomic E-state index is 14.4. The molecule has 0 aromatic heterocycles. The molecule has 1 N–H and O–H groups in total. The normalized spacial score (nSPS) is 11.9. The zero-order valence-electron chi connectivity index (χ0n) is 23.9. The summed E-state index contributed by atoms with van der Waals surface area (Å²) in [6, 6.07) is 28.1. The van der Waals surface area contributed by atoms with E-state index in [4.69, 9.17) is 23.2 Å². The number of hydrogen-bond donors (Lipinski definition) is 1. The highest BCUT2D eigenvalue weighted by Crippen LogP contribution is 2.27. The molecule has 0 heterocycles. The zero-order chi connectivity index (χ0) is 31.0. The average Bonchev–Trinajstić information content (AvgIpc) is 3.00. The smallest absolute Gasteiger partial charge is 0.264 e. The molecule has 0 bridgehead atoms. The van der Waals surface area contributed by atoms with Crippen molar-refractivity contribution in [2.45, 2.75) is 37.8 Å². The highest BCUT2D eigenvalue weighted by atomic mass is 35.5. The van der Waals surface area contributed by atoms with Crippen LogP contribution >= 0.6 is 23.2 Å². The molecule has 224 valence electrons. The van der Waals surface area contributed by atoms with Gasteiger partial charge in [-0.15, -0.1) is 0 Å². The van der Waals surface area contributed by atoms with E-state index in [1.54, 1.807) is 67.6 Å². The van der Waals surface area contributed by atoms with E-state index in [9.17, 15) is 18.0 Å². The molecule has 0 spiro atoms. The van der Waals surface area contributed by atoms with Gasteiger partial charge in [0.15, 0.2) is 0 Å². The van der Waals surface area contributed by atoms with Crippen molar-refractivity contribution in [3.63, 3.8) is 0 Å². The van der Waals surface area contributed by atoms with Gasteiger partial charge in [-0.2, -0.15) is 0 Å². The Morgan fingerprint density at radius 2 is 1.47 bits per heavy atom. The second kappa shape index (κ2) is 14.6. The number of rotatable bonds is 12. The molecule has 10 heteroatoms. The summed E-state index contributed by atoms with van der Waals surface area (Å²) in [6.07, 6.45) is 0.217. The van der Waals surface area contributed by atoms with Gasteiger partial charge in [0.05, 0.1) is 10.6 Å². The van der Waals surface area contributed by atoms with Crippen LogP contribution in [0.3, 0.4) is 0 Å². The van der Waals surface area contributed by atoms with Gasteiger partial charge < -0.3 is 10.2 Å². The maximum absolute atomic E-state index is 14.4. The average molecular weight is 639 g/mol. The third-order valence-electron chi connectivity index (χ3n) is 6.92. The van der Waals surface area contributed by atoms with Crippen LogP contribution in [0.25, 0.3) is 0 Å². The number of halogens is 2. The van der Waals surface area contributed by atoms with Crippen LogP contribution in [0.2, 0.25) is 10.0 Å². The molecule has 4 aromatic rings. The Morgan fingerprint density at radius 1 is 0.837 bits per heavy atom. The van der Waals surface area contributed by atoms with Crippen LogP contribution in [0.1, 0.15) is 23.6 Å². The number of likely N-dealkylation sites (N-methyl/N-ethyl adjacent to an activating group) is 1. The van der Waals surface area contributed by atoms with Gasteiger partial charge in [0.2, 0.25) is 11.8 Å². The fourth-order valence-corrected chi connectivity index (χ4v) is 6.37. The molecule has 0 aliphatic carbocycles. The SMILES string of the molecule is CCNC(=O)C(Cc1ccccc1)N(Cc1ccccc1Cl)C(=O)CN(c1ccc(Cl)cc1)S(=O)(=O)c1ccc(C)cc1. The molecule has 2 amide bonds. The van der Waals surface area contributed by atoms with E-state index in [1.165, 1.54) is 17.0 Å². The lowest BCUT2D eigenvalue weighted by Crippen LogP contribution is -2.53. The number of benzene rings is 4. The number of amides is 2. The zero-order valence-corrected chi connectivity index (χ0v) is 26.2. The Balaban J connectivity index is 1.80. The molecular formula is C33H33Cl2N3O4S. The van der Waals surface area contributed by atoms with Crippen molar-refractivity contribution < 1.29 is 18.0 Å². The Hall–Kier alpha value is -3.85. The Kier molecular flexibility index (Phi) is 10.9. The summed E-state index contributed by atoms with van der Waals surface area (Å²) < 4.78 is 29.1. The molecule has 43 heavy (non-hydrogen) atoms. The summed E-state index contributed by atoms with van der Waals surface area (Å²) in [5.41, 5.74) is 2.62. The minimum Gasteiger partial charge on any atom is -0.355 e. The molecule has 0 saturated carbocycles. The van der Waals surface area contributed by atoms with E-state index in [-0.39, 0.29) is 29.5 Å². The fraction of sp³-hybridized carbons (Fsp3) is 0.212. The van der Waals surface area contributed by atoms with Crippen LogP contribution in [-0.2, 0) is 32.6 Å². The van der Waals surface area contributed by atoms with Crippen molar-refractivity contribution >= 4 is 50.7 Å². The number of carbonyl (C=O) groups excluding carboxylic acids is 2. The number of nitrogens with zero attached hydrogens (tertiary/aromatic N) is 2. The number of carbonyl (C=O) groups is 2. The number of nitrogens with one attached hydrogen (secondary N) is 1. The molecule has 1 atom stereocenters. The van der Waals surface area contributed by atoms with E-state index in [0.29, 0.717) is 22.2 Å². The van der Waals surface area contributed by atoms with E-state index in [1.807, 2.05) is 37.3 Å². The third-order valence-corrected chi connectivity index (χ3v) is 9.33. The molecule has 0 saturated heterocycles. The van der Waals surface area contributed by atoms with Gasteiger partial charge >= 0.3 is 0 Å². The molecule has 0 aliphatic heterocycles. The van der Waals surface area contributed by atoms with Crippen molar-refractivity contribution in [3.05, 3.63) is 130 Å². The lowest BCUT2D eigenvalue weighted by molar-refractivity contribution is -0.140. The van der Waals surface area contributed by atoms with Crippen molar-refractivity contribution in [3.8, 4) is 0 Å². The van der Waals surface area contributed by atoms with Gasteiger partial charge in [-0.05, 0) is 67.4 Å². The summed E-state index contributed by atoms with van der Waals surface area (Å²) in [5, 5.41) is 3.69. The third kappa shape index (κ3) is 8.16. The molecule has 4 aromatic carbocycles. The molecule has 7 nitrogen and oxygen atoms in total. The number of aryl methyl sites for hydroxylation is 1. The standard InChI is InChI=1S/C33H33Cl2N3O4S/c1-3-36-33(40)31(21-25-9-5-4-6-10-25)37(22-26-11-7-8-12-30(26)35)32(39)23-38(28-17-15-27(34)16-18-28)43(41,42)29-19-13-24(2)14-20-29/h4-20,31H,3,21-23H2,1-2H3,(H,36,40). The number of anilines is 1. The van der Waals surface area contributed by atoms with E-state index in [0.717, 1.165) is 15.4 Å². The predicted molar refractivity (Wildman–Crippen MR) is 172 cm³/mol. The molecule has 1 unspecified atom stereocenters. The number of sulfonamides is 1. The van der Waals surface area contributed by atoms with Gasteiger partial charge in [-0.1, -0.05) is 89.4 Å². The van der Waals surface area contributed by atoms with Crippen LogP contribution in [0, 0.1) is 6.92 Å². The molecule has 0 radical (unpaired) electrons. The van der Waals surface area contributed by atoms with Crippen LogP contribution in [0.4, 0.5) is 5.69 Å². The van der Waals surface area contributed by atoms with E-state index in [2.05, 4.69) is 5.32 Å². The second-order valence-electron chi connectivity index (χ2n) is 10.0. The first kappa shape index (κ1) is 32.1. The Bertz CT molecular complexity index is 1650. The first-order valence-corrected chi connectivity index (χ1v) is 16.0. The van der Waals surface area contributed by atoms with Crippen LogP contribution < -0.4 is 9.62 Å². The summed E-state index contributed by atoms with van der Waals surface area (Å²) in [7, 11) is -4.19. The Morgan fingerprint density at radius 3 is 2.09 bits per heavy atom. The second-order valence-corrected chi connectivity index (χ2v) is 12.7. The molecule has 4 rings (SSSR count). The Labute approximate surface area is 263 Å². The van der Waals surface area contributed by atoms with Gasteiger partial charge in [0.1, 0.15) is 12.6 Å². The lowest BCUT2D eigenvalue weighted by atomic mass is 10.0. The van der Waals surface area contributed by atoms with Gasteiger partial charge in [0, 0.05) is 29.6 Å². The van der Waals surface area contributed by atoms with Crippen LogP contribution in [0.15, 0.2) is 108 Å². The summed E-state index contributed by atoms with van der Waals surface area (Å²) >= 11 is 12.6. The molecular weight excluding hydrogens is 605 g/mol.